The first-order valence-electron chi connectivity index (χ1n) is 5.37. The molecule has 1 amide bonds. The highest BCUT2D eigenvalue weighted by Crippen LogP contribution is 2.13. The molecule has 2 aromatic rings. The molecule has 6 heteroatoms. The Kier molecular flexibility index (Phi) is 4.04. The lowest BCUT2D eigenvalue weighted by Crippen LogP contribution is -2.11. The smallest absolute Gasteiger partial charge is 0.328 e. The van der Waals surface area contributed by atoms with E-state index < -0.39 is 5.97 Å². The summed E-state index contributed by atoms with van der Waals surface area (Å²) in [5.74, 6) is -0.881. The van der Waals surface area contributed by atoms with Crippen LogP contribution in [-0.4, -0.2) is 22.0 Å². The number of anilines is 1. The fraction of sp³-hybridized carbons (Fsp3) is 0. The molecule has 0 aliphatic carbocycles. The first-order valence-corrected chi connectivity index (χ1v) is 6.25. The van der Waals surface area contributed by atoms with E-state index in [2.05, 4.69) is 10.3 Å². The van der Waals surface area contributed by atoms with Gasteiger partial charge in [0.25, 0.3) is 5.91 Å². The van der Waals surface area contributed by atoms with Crippen LogP contribution in [0, 0.1) is 0 Å². The molecule has 0 spiro atoms. The Morgan fingerprint density at radius 2 is 2.21 bits per heavy atom. The molecule has 2 rings (SSSR count). The monoisotopic (exact) mass is 274 g/mol. The van der Waals surface area contributed by atoms with Crippen LogP contribution in [0.1, 0.15) is 15.2 Å². The van der Waals surface area contributed by atoms with Crippen molar-refractivity contribution in [3.8, 4) is 0 Å². The number of aromatic nitrogens is 1. The van der Waals surface area contributed by atoms with E-state index in [-0.39, 0.29) is 5.91 Å². The maximum absolute atomic E-state index is 11.8. The number of rotatable bonds is 4. The van der Waals surface area contributed by atoms with Crippen LogP contribution in [0.3, 0.4) is 0 Å². The Morgan fingerprint density at radius 1 is 1.37 bits per heavy atom. The third kappa shape index (κ3) is 3.75. The van der Waals surface area contributed by atoms with Crippen LogP contribution in [0.5, 0.6) is 0 Å². The molecule has 0 atom stereocenters. The SMILES string of the molecule is O=C(O)/C=C/c1ccnc(NC(=O)c2cccs2)c1. The molecule has 0 aromatic carbocycles. The number of carboxylic acids is 1. The number of amides is 1. The van der Waals surface area contributed by atoms with Crippen molar-refractivity contribution in [1.82, 2.24) is 4.98 Å². The van der Waals surface area contributed by atoms with Crippen LogP contribution in [0.15, 0.2) is 41.9 Å². The van der Waals surface area contributed by atoms with E-state index in [4.69, 9.17) is 5.11 Å². The number of pyridine rings is 1. The zero-order valence-corrected chi connectivity index (χ0v) is 10.6. The highest BCUT2D eigenvalue weighted by atomic mass is 32.1. The van der Waals surface area contributed by atoms with Crippen LogP contribution >= 0.6 is 11.3 Å². The topological polar surface area (TPSA) is 79.3 Å². The van der Waals surface area contributed by atoms with E-state index in [1.54, 1.807) is 24.3 Å². The molecule has 0 aliphatic rings. The third-order valence-electron chi connectivity index (χ3n) is 2.19. The van der Waals surface area contributed by atoms with Crippen molar-refractivity contribution < 1.29 is 14.7 Å². The molecule has 0 saturated carbocycles. The van der Waals surface area contributed by atoms with Crippen LogP contribution in [0.25, 0.3) is 6.08 Å². The summed E-state index contributed by atoms with van der Waals surface area (Å²) in [5.41, 5.74) is 0.652. The predicted molar refractivity (Wildman–Crippen MR) is 73.2 cm³/mol. The lowest BCUT2D eigenvalue weighted by molar-refractivity contribution is -0.131. The van der Waals surface area contributed by atoms with Crippen molar-refractivity contribution in [2.75, 3.05) is 5.32 Å². The van der Waals surface area contributed by atoms with Gasteiger partial charge in [-0.2, -0.15) is 0 Å². The van der Waals surface area contributed by atoms with E-state index in [9.17, 15) is 9.59 Å². The third-order valence-corrected chi connectivity index (χ3v) is 3.06. The molecule has 96 valence electrons. The zero-order valence-electron chi connectivity index (χ0n) is 9.74. The fourth-order valence-electron chi connectivity index (χ4n) is 1.37. The standard InChI is InChI=1S/C13H10N2O3S/c16-12(17)4-3-9-5-6-14-11(8-9)15-13(18)10-2-1-7-19-10/h1-8H,(H,16,17)(H,14,15,18)/b4-3+. The molecule has 2 aromatic heterocycles. The molecule has 0 unspecified atom stereocenters. The van der Waals surface area contributed by atoms with Crippen molar-refractivity contribution in [1.29, 1.82) is 0 Å². The summed E-state index contributed by atoms with van der Waals surface area (Å²) in [6, 6.07) is 6.76. The molecular weight excluding hydrogens is 264 g/mol. The summed E-state index contributed by atoms with van der Waals surface area (Å²) in [6.07, 6.45) is 3.97. The van der Waals surface area contributed by atoms with Gasteiger partial charge >= 0.3 is 5.97 Å². The van der Waals surface area contributed by atoms with Gasteiger partial charge in [0.2, 0.25) is 0 Å². The summed E-state index contributed by atoms with van der Waals surface area (Å²) >= 11 is 1.34. The summed E-state index contributed by atoms with van der Waals surface area (Å²) in [5, 5.41) is 13.0. The Bertz CT molecular complexity index is 621. The van der Waals surface area contributed by atoms with Crippen molar-refractivity contribution in [3.05, 3.63) is 52.4 Å². The molecule has 0 saturated heterocycles. The number of aliphatic carboxylic acids is 1. The van der Waals surface area contributed by atoms with Gasteiger partial charge in [0.15, 0.2) is 0 Å². The van der Waals surface area contributed by atoms with E-state index >= 15 is 0 Å². The van der Waals surface area contributed by atoms with Gasteiger partial charge in [-0.15, -0.1) is 11.3 Å². The lowest BCUT2D eigenvalue weighted by Gasteiger charge is -2.03. The van der Waals surface area contributed by atoms with Crippen LogP contribution < -0.4 is 5.32 Å². The Labute approximate surface area is 113 Å². The van der Waals surface area contributed by atoms with E-state index in [0.29, 0.717) is 16.3 Å². The maximum Gasteiger partial charge on any atom is 0.328 e. The minimum atomic E-state index is -1.03. The number of carbonyl (C=O) groups excluding carboxylic acids is 1. The van der Waals surface area contributed by atoms with Gasteiger partial charge in [-0.1, -0.05) is 6.07 Å². The first kappa shape index (κ1) is 13.0. The van der Waals surface area contributed by atoms with Gasteiger partial charge in [-0.25, -0.2) is 9.78 Å². The number of nitrogens with one attached hydrogen (secondary N) is 1. The highest BCUT2D eigenvalue weighted by Gasteiger charge is 2.07. The minimum Gasteiger partial charge on any atom is -0.478 e. The van der Waals surface area contributed by atoms with Crippen LogP contribution in [-0.2, 0) is 4.79 Å². The van der Waals surface area contributed by atoms with Crippen molar-refractivity contribution >= 4 is 35.1 Å². The second kappa shape index (κ2) is 5.92. The van der Waals surface area contributed by atoms with Crippen LogP contribution in [0.4, 0.5) is 5.82 Å². The van der Waals surface area contributed by atoms with Gasteiger partial charge < -0.3 is 10.4 Å². The molecule has 19 heavy (non-hydrogen) atoms. The summed E-state index contributed by atoms with van der Waals surface area (Å²) in [6.45, 7) is 0. The van der Waals surface area contributed by atoms with Crippen LogP contribution in [0.2, 0.25) is 0 Å². The molecule has 0 fully saturated rings. The number of nitrogens with zero attached hydrogens (tertiary/aromatic N) is 1. The Hall–Kier alpha value is -2.47. The van der Waals surface area contributed by atoms with Crippen molar-refractivity contribution in [2.45, 2.75) is 0 Å². The minimum absolute atomic E-state index is 0.234. The lowest BCUT2D eigenvalue weighted by atomic mass is 10.2. The van der Waals surface area contributed by atoms with Gasteiger partial charge in [-0.05, 0) is 35.2 Å². The summed E-state index contributed by atoms with van der Waals surface area (Å²) in [7, 11) is 0. The normalized spacial score (nSPS) is 10.5. The zero-order chi connectivity index (χ0) is 13.7. The number of hydrogen-bond acceptors (Lipinski definition) is 4. The molecule has 2 N–H and O–H groups in total. The molecule has 0 radical (unpaired) electrons. The second-order valence-corrected chi connectivity index (χ2v) is 4.53. The van der Waals surface area contributed by atoms with E-state index in [0.717, 1.165) is 6.08 Å². The molecule has 0 aliphatic heterocycles. The largest absolute Gasteiger partial charge is 0.478 e. The number of carbonyl (C=O) groups is 2. The quantitative estimate of drug-likeness (QED) is 0.839. The summed E-state index contributed by atoms with van der Waals surface area (Å²) < 4.78 is 0. The maximum atomic E-state index is 11.8. The van der Waals surface area contributed by atoms with Crippen molar-refractivity contribution in [2.24, 2.45) is 0 Å². The first-order chi connectivity index (χ1) is 9.15. The fourth-order valence-corrected chi connectivity index (χ4v) is 1.99. The van der Waals surface area contributed by atoms with Crippen molar-refractivity contribution in [3.63, 3.8) is 0 Å². The average molecular weight is 274 g/mol. The van der Waals surface area contributed by atoms with Gasteiger partial charge in [-0.3, -0.25) is 4.79 Å². The second-order valence-electron chi connectivity index (χ2n) is 3.58. The number of thiophene rings is 1. The molecule has 5 nitrogen and oxygen atoms in total. The Balaban J connectivity index is 2.11. The van der Waals surface area contributed by atoms with Gasteiger partial charge in [0, 0.05) is 12.3 Å². The number of hydrogen-bond donors (Lipinski definition) is 2. The summed E-state index contributed by atoms with van der Waals surface area (Å²) in [4.78, 5) is 26.8. The van der Waals surface area contributed by atoms with E-state index in [1.165, 1.54) is 23.6 Å². The number of carboxylic acid groups (broad SMARTS) is 1. The highest BCUT2D eigenvalue weighted by molar-refractivity contribution is 7.12. The van der Waals surface area contributed by atoms with Gasteiger partial charge in [0.1, 0.15) is 5.82 Å². The Morgan fingerprint density at radius 3 is 2.89 bits per heavy atom. The van der Waals surface area contributed by atoms with E-state index in [1.807, 2.05) is 5.38 Å². The molecule has 0 bridgehead atoms. The average Bonchev–Trinajstić information content (AvgIpc) is 2.91. The predicted octanol–water partition coefficient (Wildman–Crippen LogP) is 2.49. The molecule has 2 heterocycles. The van der Waals surface area contributed by atoms with Gasteiger partial charge in [0.05, 0.1) is 4.88 Å². The molecular formula is C13H10N2O3S.